The van der Waals surface area contributed by atoms with Gasteiger partial charge < -0.3 is 10.0 Å². The molecular formula is C12H14N4O2. The summed E-state index contributed by atoms with van der Waals surface area (Å²) >= 11 is 0. The van der Waals surface area contributed by atoms with E-state index in [1.807, 2.05) is 31.2 Å². The molecule has 0 spiro atoms. The van der Waals surface area contributed by atoms with Crippen molar-refractivity contribution in [3.63, 3.8) is 0 Å². The topological polar surface area (TPSA) is 79.2 Å². The summed E-state index contributed by atoms with van der Waals surface area (Å²) in [6, 6.07) is 7.46. The average Bonchev–Trinajstić information content (AvgIpc) is 2.39. The van der Waals surface area contributed by atoms with Crippen LogP contribution in [0.4, 0.5) is 5.95 Å². The van der Waals surface area contributed by atoms with Crippen LogP contribution in [0.3, 0.4) is 0 Å². The van der Waals surface area contributed by atoms with Crippen molar-refractivity contribution >= 4 is 23.0 Å². The zero-order valence-electron chi connectivity index (χ0n) is 10.1. The fourth-order valence-electron chi connectivity index (χ4n) is 1.64. The summed E-state index contributed by atoms with van der Waals surface area (Å²) in [7, 11) is 0. The van der Waals surface area contributed by atoms with Crippen molar-refractivity contribution in [1.82, 2.24) is 15.2 Å². The van der Waals surface area contributed by atoms with E-state index >= 15 is 0 Å². The molecule has 0 bridgehead atoms. The molecule has 0 saturated heterocycles. The summed E-state index contributed by atoms with van der Waals surface area (Å²) in [6.07, 6.45) is 0.0596. The zero-order valence-corrected chi connectivity index (χ0v) is 10.1. The Bertz CT molecular complexity index is 559. The zero-order chi connectivity index (χ0) is 13.0. The predicted octanol–water partition coefficient (Wildman–Crippen LogP) is 1.33. The van der Waals surface area contributed by atoms with E-state index in [1.54, 1.807) is 4.90 Å². The fraction of sp³-hybridized carbons (Fsp3) is 0.333. The second kappa shape index (κ2) is 5.39. The molecule has 2 rings (SSSR count). The van der Waals surface area contributed by atoms with Crippen LogP contribution in [0.1, 0.15) is 13.3 Å². The third-order valence-electron chi connectivity index (χ3n) is 2.61. The van der Waals surface area contributed by atoms with Gasteiger partial charge in [-0.25, -0.2) is 4.98 Å². The van der Waals surface area contributed by atoms with Crippen LogP contribution in [0.5, 0.6) is 0 Å². The van der Waals surface area contributed by atoms with Gasteiger partial charge in [-0.2, -0.15) is 0 Å². The van der Waals surface area contributed by atoms with E-state index in [0.29, 0.717) is 19.0 Å². The molecule has 0 radical (unpaired) electrons. The van der Waals surface area contributed by atoms with E-state index in [9.17, 15) is 4.79 Å². The lowest BCUT2D eigenvalue weighted by Gasteiger charge is -2.19. The van der Waals surface area contributed by atoms with Crippen molar-refractivity contribution in [2.45, 2.75) is 13.3 Å². The first kappa shape index (κ1) is 12.2. The van der Waals surface area contributed by atoms with Gasteiger partial charge in [0.05, 0.1) is 11.9 Å². The maximum absolute atomic E-state index is 10.6. The van der Waals surface area contributed by atoms with Gasteiger partial charge in [-0.05, 0) is 19.1 Å². The molecule has 0 aliphatic heterocycles. The van der Waals surface area contributed by atoms with Gasteiger partial charge in [0.15, 0.2) is 0 Å². The summed E-state index contributed by atoms with van der Waals surface area (Å²) in [5, 5.41) is 16.8. The quantitative estimate of drug-likeness (QED) is 0.857. The summed E-state index contributed by atoms with van der Waals surface area (Å²) in [5.41, 5.74) is 1.49. The number of nitrogens with zero attached hydrogens (tertiary/aromatic N) is 4. The lowest BCUT2D eigenvalue weighted by molar-refractivity contribution is -0.136. The van der Waals surface area contributed by atoms with Gasteiger partial charge in [0, 0.05) is 13.1 Å². The minimum atomic E-state index is -0.831. The van der Waals surface area contributed by atoms with Gasteiger partial charge in [-0.3, -0.25) is 4.79 Å². The van der Waals surface area contributed by atoms with Crippen LogP contribution in [0.15, 0.2) is 24.3 Å². The molecule has 0 unspecified atom stereocenters. The first-order chi connectivity index (χ1) is 8.70. The largest absolute Gasteiger partial charge is 0.481 e. The molecule has 0 amide bonds. The van der Waals surface area contributed by atoms with Crippen LogP contribution in [-0.4, -0.2) is 39.3 Å². The van der Waals surface area contributed by atoms with Crippen LogP contribution >= 0.6 is 0 Å². The standard InChI is InChI=1S/C12H14N4O2/c1-2-16(8-7-11(17)18)12-13-9-5-3-4-6-10(9)14-15-12/h3-6H,2,7-8H2,1H3,(H,17,18). The Morgan fingerprint density at radius 1 is 1.28 bits per heavy atom. The second-order valence-electron chi connectivity index (χ2n) is 3.82. The molecule has 6 heteroatoms. The van der Waals surface area contributed by atoms with Crippen LogP contribution < -0.4 is 4.90 Å². The minimum Gasteiger partial charge on any atom is -0.481 e. The Labute approximate surface area is 104 Å². The number of fused-ring (bicyclic) bond motifs is 1. The number of carbonyl (C=O) groups is 1. The van der Waals surface area contributed by atoms with E-state index < -0.39 is 5.97 Å². The lowest BCUT2D eigenvalue weighted by atomic mass is 10.3. The number of rotatable bonds is 5. The molecule has 2 aromatic rings. The molecule has 1 aromatic heterocycles. The number of aliphatic carboxylic acids is 1. The molecule has 1 aromatic carbocycles. The molecule has 18 heavy (non-hydrogen) atoms. The SMILES string of the molecule is CCN(CCC(=O)O)c1nnc2ccccc2n1. The van der Waals surface area contributed by atoms with Gasteiger partial charge in [-0.1, -0.05) is 12.1 Å². The molecule has 0 aliphatic rings. The summed E-state index contributed by atoms with van der Waals surface area (Å²) < 4.78 is 0. The summed E-state index contributed by atoms with van der Waals surface area (Å²) in [4.78, 5) is 16.8. The van der Waals surface area contributed by atoms with Gasteiger partial charge in [0.1, 0.15) is 5.52 Å². The lowest BCUT2D eigenvalue weighted by Crippen LogP contribution is -2.27. The van der Waals surface area contributed by atoms with Crippen molar-refractivity contribution in [2.24, 2.45) is 0 Å². The van der Waals surface area contributed by atoms with Crippen molar-refractivity contribution in [3.05, 3.63) is 24.3 Å². The average molecular weight is 246 g/mol. The normalized spacial score (nSPS) is 10.5. The van der Waals surface area contributed by atoms with E-state index in [1.165, 1.54) is 0 Å². The molecular weight excluding hydrogens is 232 g/mol. The first-order valence-electron chi connectivity index (χ1n) is 5.77. The van der Waals surface area contributed by atoms with E-state index in [-0.39, 0.29) is 6.42 Å². The van der Waals surface area contributed by atoms with Gasteiger partial charge in [0.2, 0.25) is 5.95 Å². The summed E-state index contributed by atoms with van der Waals surface area (Å²) in [5.74, 6) is -0.361. The number of hydrogen-bond donors (Lipinski definition) is 1. The van der Waals surface area contributed by atoms with Crippen LogP contribution in [-0.2, 0) is 4.79 Å². The number of aromatic nitrogens is 3. The molecule has 6 nitrogen and oxygen atoms in total. The van der Waals surface area contributed by atoms with E-state index in [4.69, 9.17) is 5.11 Å². The predicted molar refractivity (Wildman–Crippen MR) is 67.5 cm³/mol. The van der Waals surface area contributed by atoms with Crippen molar-refractivity contribution in [3.8, 4) is 0 Å². The Morgan fingerprint density at radius 2 is 2.00 bits per heavy atom. The highest BCUT2D eigenvalue weighted by atomic mass is 16.4. The van der Waals surface area contributed by atoms with Gasteiger partial charge in [-0.15, -0.1) is 10.2 Å². The van der Waals surface area contributed by atoms with E-state index in [0.717, 1.165) is 11.0 Å². The van der Waals surface area contributed by atoms with Crippen LogP contribution in [0, 0.1) is 0 Å². The Morgan fingerprint density at radius 3 is 2.67 bits per heavy atom. The highest BCUT2D eigenvalue weighted by Gasteiger charge is 2.10. The van der Waals surface area contributed by atoms with Crippen LogP contribution in [0.2, 0.25) is 0 Å². The molecule has 0 atom stereocenters. The van der Waals surface area contributed by atoms with Gasteiger partial charge >= 0.3 is 5.97 Å². The highest BCUT2D eigenvalue weighted by Crippen LogP contribution is 2.12. The smallest absolute Gasteiger partial charge is 0.305 e. The maximum atomic E-state index is 10.6. The van der Waals surface area contributed by atoms with E-state index in [2.05, 4.69) is 15.2 Å². The second-order valence-corrected chi connectivity index (χ2v) is 3.82. The number of hydrogen-bond acceptors (Lipinski definition) is 5. The molecule has 1 heterocycles. The number of benzene rings is 1. The Hall–Kier alpha value is -2.24. The Balaban J connectivity index is 2.24. The van der Waals surface area contributed by atoms with Crippen molar-refractivity contribution in [2.75, 3.05) is 18.0 Å². The van der Waals surface area contributed by atoms with Crippen molar-refractivity contribution in [1.29, 1.82) is 0 Å². The fourth-order valence-corrected chi connectivity index (χ4v) is 1.64. The highest BCUT2D eigenvalue weighted by molar-refractivity contribution is 5.74. The van der Waals surface area contributed by atoms with Gasteiger partial charge in [0.25, 0.3) is 0 Å². The molecule has 0 saturated carbocycles. The molecule has 94 valence electrons. The third kappa shape index (κ3) is 2.71. The molecule has 0 aliphatic carbocycles. The minimum absolute atomic E-state index is 0.0596. The summed E-state index contributed by atoms with van der Waals surface area (Å²) in [6.45, 7) is 2.96. The first-order valence-corrected chi connectivity index (χ1v) is 5.77. The number of para-hydroxylation sites is 1. The number of anilines is 1. The third-order valence-corrected chi connectivity index (χ3v) is 2.61. The molecule has 1 N–H and O–H groups in total. The number of carboxylic acids is 1. The molecule has 0 fully saturated rings. The monoisotopic (exact) mass is 246 g/mol. The maximum Gasteiger partial charge on any atom is 0.305 e. The van der Waals surface area contributed by atoms with Crippen molar-refractivity contribution < 1.29 is 9.90 Å². The number of carboxylic acid groups (broad SMARTS) is 1. The van der Waals surface area contributed by atoms with Crippen LogP contribution in [0.25, 0.3) is 11.0 Å². The Kier molecular flexibility index (Phi) is 3.66.